The molecule has 0 aliphatic carbocycles. The van der Waals surface area contributed by atoms with Crippen LogP contribution in [0.15, 0.2) is 12.3 Å². The van der Waals surface area contributed by atoms with Gasteiger partial charge in [-0.15, -0.1) is 0 Å². The van der Waals surface area contributed by atoms with Crippen LogP contribution in [-0.4, -0.2) is 21.0 Å². The number of halogens is 1. The minimum atomic E-state index is -1.25. The van der Waals surface area contributed by atoms with Gasteiger partial charge in [0, 0.05) is 6.20 Å². The zero-order valence-corrected chi connectivity index (χ0v) is 5.49. The fraction of sp³-hybridized carbons (Fsp3) is 0.167. The van der Waals surface area contributed by atoms with E-state index in [1.54, 1.807) is 0 Å². The van der Waals surface area contributed by atoms with Gasteiger partial charge in [-0.2, -0.15) is 0 Å². The topological polar surface area (TPSA) is 63.1 Å². The third kappa shape index (κ3) is 1.70. The van der Waals surface area contributed by atoms with Gasteiger partial charge in [0.25, 0.3) is 0 Å². The first kappa shape index (κ1) is 7.59. The summed E-state index contributed by atoms with van der Waals surface area (Å²) in [6, 6.07) is 1.33. The van der Waals surface area contributed by atoms with Gasteiger partial charge in [0.1, 0.15) is 6.67 Å². The largest absolute Gasteiger partial charge is 0.475 e. The quantitative estimate of drug-likeness (QED) is 0.682. The second kappa shape index (κ2) is 3.05. The maximum atomic E-state index is 11.9. The van der Waals surface area contributed by atoms with Crippen molar-refractivity contribution in [3.05, 3.63) is 23.8 Å². The Morgan fingerprint density at radius 1 is 1.73 bits per heavy atom. The highest BCUT2D eigenvalue weighted by atomic mass is 19.1. The van der Waals surface area contributed by atoms with Crippen LogP contribution in [0, 0.1) is 0 Å². The molecule has 0 unspecified atom stereocenters. The van der Waals surface area contributed by atoms with Crippen LogP contribution in [-0.2, 0) is 6.67 Å². The molecule has 4 nitrogen and oxygen atoms in total. The number of carbonyl (C=O) groups is 1. The van der Waals surface area contributed by atoms with Gasteiger partial charge in [-0.1, -0.05) is 0 Å². The highest BCUT2D eigenvalue weighted by Crippen LogP contribution is 1.96. The second-order valence-electron chi connectivity index (χ2n) is 1.81. The van der Waals surface area contributed by atoms with Gasteiger partial charge in [0.05, 0.1) is 5.69 Å². The smallest absolute Gasteiger partial charge is 0.373 e. The number of alkyl halides is 1. The molecule has 0 fully saturated rings. The minimum absolute atomic E-state index is 0.0809. The van der Waals surface area contributed by atoms with Crippen molar-refractivity contribution in [2.75, 3.05) is 0 Å². The number of aromatic nitrogens is 2. The van der Waals surface area contributed by atoms with E-state index in [9.17, 15) is 9.18 Å². The lowest BCUT2D eigenvalue weighted by Gasteiger charge is -1.93. The molecule has 1 N–H and O–H groups in total. The molecule has 58 valence electrons. The lowest BCUT2D eigenvalue weighted by atomic mass is 10.4. The molecule has 0 saturated carbocycles. The van der Waals surface area contributed by atoms with Gasteiger partial charge in [0.2, 0.25) is 5.82 Å². The maximum absolute atomic E-state index is 11.9. The molecule has 0 aromatic carbocycles. The summed E-state index contributed by atoms with van der Waals surface area (Å²) in [5.41, 5.74) is 0.0809. The van der Waals surface area contributed by atoms with Crippen molar-refractivity contribution in [3.8, 4) is 0 Å². The van der Waals surface area contributed by atoms with Crippen LogP contribution in [0.3, 0.4) is 0 Å². The van der Waals surface area contributed by atoms with E-state index >= 15 is 0 Å². The number of hydrogen-bond donors (Lipinski definition) is 1. The summed E-state index contributed by atoms with van der Waals surface area (Å²) < 4.78 is 11.9. The van der Waals surface area contributed by atoms with E-state index in [1.807, 2.05) is 0 Å². The summed E-state index contributed by atoms with van der Waals surface area (Å²) in [6.45, 7) is -0.775. The Labute approximate surface area is 61.7 Å². The van der Waals surface area contributed by atoms with Crippen molar-refractivity contribution in [1.29, 1.82) is 0 Å². The summed E-state index contributed by atoms with van der Waals surface area (Å²) in [5.74, 6) is -1.62. The number of hydrogen-bond acceptors (Lipinski definition) is 3. The monoisotopic (exact) mass is 156 g/mol. The zero-order chi connectivity index (χ0) is 8.27. The third-order valence-corrected chi connectivity index (χ3v) is 1.04. The highest BCUT2D eigenvalue weighted by molar-refractivity contribution is 5.82. The fourth-order valence-electron chi connectivity index (χ4n) is 0.574. The van der Waals surface area contributed by atoms with E-state index in [2.05, 4.69) is 9.97 Å². The maximum Gasteiger partial charge on any atom is 0.373 e. The molecule has 0 aliphatic rings. The minimum Gasteiger partial charge on any atom is -0.475 e. The van der Waals surface area contributed by atoms with Crippen molar-refractivity contribution < 1.29 is 14.3 Å². The molecule has 0 bridgehead atoms. The molecule has 5 heteroatoms. The van der Waals surface area contributed by atoms with E-state index in [1.165, 1.54) is 12.3 Å². The normalized spacial score (nSPS) is 9.55. The zero-order valence-electron chi connectivity index (χ0n) is 5.49. The first-order chi connectivity index (χ1) is 5.24. The molecule has 0 amide bonds. The van der Waals surface area contributed by atoms with Gasteiger partial charge in [-0.25, -0.2) is 19.2 Å². The molecule has 1 heterocycles. The van der Waals surface area contributed by atoms with E-state index in [4.69, 9.17) is 5.11 Å². The van der Waals surface area contributed by atoms with Crippen molar-refractivity contribution in [2.24, 2.45) is 0 Å². The van der Waals surface area contributed by atoms with Crippen LogP contribution >= 0.6 is 0 Å². The van der Waals surface area contributed by atoms with Crippen molar-refractivity contribution in [2.45, 2.75) is 6.67 Å². The lowest BCUT2D eigenvalue weighted by Crippen LogP contribution is -2.04. The first-order valence-corrected chi connectivity index (χ1v) is 2.85. The molecule has 1 rings (SSSR count). The van der Waals surface area contributed by atoms with Crippen LogP contribution in [0.4, 0.5) is 4.39 Å². The van der Waals surface area contributed by atoms with E-state index in [0.29, 0.717) is 0 Å². The Morgan fingerprint density at radius 2 is 2.45 bits per heavy atom. The van der Waals surface area contributed by atoms with E-state index in [-0.39, 0.29) is 11.5 Å². The average Bonchev–Trinajstić information content (AvgIpc) is 2.05. The van der Waals surface area contributed by atoms with E-state index < -0.39 is 12.6 Å². The molecule has 0 radical (unpaired) electrons. The van der Waals surface area contributed by atoms with Gasteiger partial charge >= 0.3 is 5.97 Å². The van der Waals surface area contributed by atoms with Crippen LogP contribution in [0.1, 0.15) is 16.3 Å². The van der Waals surface area contributed by atoms with Gasteiger partial charge in [0.15, 0.2) is 0 Å². The van der Waals surface area contributed by atoms with Gasteiger partial charge < -0.3 is 5.11 Å². The summed E-state index contributed by atoms with van der Waals surface area (Å²) >= 11 is 0. The number of aromatic carboxylic acids is 1. The predicted molar refractivity (Wildman–Crippen MR) is 33.8 cm³/mol. The van der Waals surface area contributed by atoms with Crippen molar-refractivity contribution in [3.63, 3.8) is 0 Å². The molecule has 0 saturated heterocycles. The molecular formula is C6H5FN2O2. The molecule has 1 aromatic heterocycles. The van der Waals surface area contributed by atoms with Crippen molar-refractivity contribution >= 4 is 5.97 Å². The summed E-state index contributed by atoms with van der Waals surface area (Å²) in [7, 11) is 0. The standard InChI is InChI=1S/C6H5FN2O2/c7-3-4-1-2-8-5(9-4)6(10)11/h1-2H,3H2,(H,10,11). The Hall–Kier alpha value is -1.52. The van der Waals surface area contributed by atoms with Crippen LogP contribution in [0.5, 0.6) is 0 Å². The third-order valence-electron chi connectivity index (χ3n) is 1.04. The summed E-state index contributed by atoms with van der Waals surface area (Å²) in [4.78, 5) is 17.0. The molecule has 0 spiro atoms. The molecule has 0 aliphatic heterocycles. The SMILES string of the molecule is O=C(O)c1nccc(CF)n1. The molecule has 0 atom stereocenters. The summed E-state index contributed by atoms with van der Waals surface area (Å²) in [6.07, 6.45) is 1.21. The van der Waals surface area contributed by atoms with Crippen LogP contribution in [0.25, 0.3) is 0 Å². The van der Waals surface area contributed by atoms with Gasteiger partial charge in [-0.05, 0) is 6.07 Å². The second-order valence-corrected chi connectivity index (χ2v) is 1.81. The molecular weight excluding hydrogens is 151 g/mol. The predicted octanol–water partition coefficient (Wildman–Crippen LogP) is 0.644. The van der Waals surface area contributed by atoms with Crippen LogP contribution < -0.4 is 0 Å². The van der Waals surface area contributed by atoms with Gasteiger partial charge in [-0.3, -0.25) is 0 Å². The van der Waals surface area contributed by atoms with E-state index in [0.717, 1.165) is 0 Å². The number of carboxylic acid groups (broad SMARTS) is 1. The Balaban J connectivity index is 3.01. The fourth-order valence-corrected chi connectivity index (χ4v) is 0.574. The first-order valence-electron chi connectivity index (χ1n) is 2.85. The summed E-state index contributed by atoms with van der Waals surface area (Å²) in [5, 5.41) is 8.36. The molecule has 1 aromatic rings. The Kier molecular flexibility index (Phi) is 2.10. The lowest BCUT2D eigenvalue weighted by molar-refractivity contribution is 0.0683. The van der Waals surface area contributed by atoms with Crippen molar-refractivity contribution in [1.82, 2.24) is 9.97 Å². The number of carboxylic acids is 1. The average molecular weight is 156 g/mol. The Morgan fingerprint density at radius 3 is 3.00 bits per heavy atom. The van der Waals surface area contributed by atoms with Crippen LogP contribution in [0.2, 0.25) is 0 Å². The number of rotatable bonds is 2. The number of nitrogens with zero attached hydrogens (tertiary/aromatic N) is 2. The Bertz CT molecular complexity index is 277. The highest BCUT2D eigenvalue weighted by Gasteiger charge is 2.05. The molecule has 11 heavy (non-hydrogen) atoms.